The molecule has 0 aromatic heterocycles. The molecule has 0 aromatic carbocycles. The van der Waals surface area contributed by atoms with Gasteiger partial charge in [-0.2, -0.15) is 0 Å². The first kappa shape index (κ1) is 16.9. The molecular weight excluding hydrogens is 256 g/mol. The van der Waals surface area contributed by atoms with E-state index in [2.05, 4.69) is 4.74 Å². The molecule has 0 saturated carbocycles. The number of imide groups is 1. The maximum Gasteiger partial charge on any atom is 0.325 e. The molecule has 108 valence electrons. The van der Waals surface area contributed by atoms with Crippen molar-refractivity contribution in [3.8, 4) is 0 Å². The third-order valence-corrected chi connectivity index (χ3v) is 2.06. The van der Waals surface area contributed by atoms with Crippen LogP contribution in [0.3, 0.4) is 0 Å². The quantitative estimate of drug-likeness (QED) is 0.630. The highest BCUT2D eigenvalue weighted by Crippen LogP contribution is 1.96. The van der Waals surface area contributed by atoms with Gasteiger partial charge in [0.15, 0.2) is 0 Å². The Bertz CT molecular complexity index is 355. The first-order valence-electron chi connectivity index (χ1n) is 5.79. The number of hydrogen-bond acceptors (Lipinski definition) is 5. The van der Waals surface area contributed by atoms with Crippen molar-refractivity contribution in [1.82, 2.24) is 10.2 Å². The molecule has 0 rings (SSSR count). The average Bonchev–Trinajstić information content (AvgIpc) is 2.28. The molecule has 3 amide bonds. The molecule has 19 heavy (non-hydrogen) atoms. The normalized spacial score (nSPS) is 9.58. The van der Waals surface area contributed by atoms with Gasteiger partial charge in [0.25, 0.3) is 0 Å². The largest absolute Gasteiger partial charge is 0.481 e. The number of nitrogens with zero attached hydrogens (tertiary/aromatic N) is 1. The van der Waals surface area contributed by atoms with Crippen molar-refractivity contribution >= 4 is 23.9 Å². The fraction of sp³-hybridized carbons (Fsp3) is 0.636. The molecule has 0 bridgehead atoms. The summed E-state index contributed by atoms with van der Waals surface area (Å²) in [5.74, 6) is -2.15. The van der Waals surface area contributed by atoms with Crippen LogP contribution in [0.25, 0.3) is 0 Å². The van der Waals surface area contributed by atoms with E-state index in [1.807, 2.05) is 5.32 Å². The van der Waals surface area contributed by atoms with E-state index in [9.17, 15) is 19.2 Å². The van der Waals surface area contributed by atoms with Crippen LogP contribution < -0.4 is 5.32 Å². The third kappa shape index (κ3) is 8.58. The molecule has 0 spiro atoms. The van der Waals surface area contributed by atoms with Crippen molar-refractivity contribution in [2.45, 2.75) is 26.2 Å². The zero-order valence-corrected chi connectivity index (χ0v) is 11.0. The van der Waals surface area contributed by atoms with Crippen molar-refractivity contribution in [3.05, 3.63) is 0 Å². The van der Waals surface area contributed by atoms with Gasteiger partial charge in [0.1, 0.15) is 6.54 Å². The Kier molecular flexibility index (Phi) is 7.90. The SMILES string of the molecule is CCOC(=O)CN(C)C(=O)NC(=O)CCCC(=O)O. The van der Waals surface area contributed by atoms with Crippen LogP contribution in [-0.4, -0.2) is 54.1 Å². The number of nitrogens with one attached hydrogen (secondary N) is 1. The van der Waals surface area contributed by atoms with Gasteiger partial charge in [-0.25, -0.2) is 4.79 Å². The van der Waals surface area contributed by atoms with Crippen LogP contribution in [0.4, 0.5) is 4.79 Å². The van der Waals surface area contributed by atoms with Gasteiger partial charge in [0, 0.05) is 19.9 Å². The Hall–Kier alpha value is -2.12. The molecule has 0 heterocycles. The van der Waals surface area contributed by atoms with Gasteiger partial charge in [0.05, 0.1) is 6.61 Å². The maximum atomic E-state index is 11.5. The minimum atomic E-state index is -1.00. The summed E-state index contributed by atoms with van der Waals surface area (Å²) in [5.41, 5.74) is 0. The lowest BCUT2D eigenvalue weighted by Gasteiger charge is -2.16. The van der Waals surface area contributed by atoms with Gasteiger partial charge in [-0.05, 0) is 13.3 Å². The minimum Gasteiger partial charge on any atom is -0.481 e. The van der Waals surface area contributed by atoms with Crippen LogP contribution >= 0.6 is 0 Å². The van der Waals surface area contributed by atoms with Gasteiger partial charge < -0.3 is 14.7 Å². The topological polar surface area (TPSA) is 113 Å². The molecule has 0 unspecified atom stereocenters. The summed E-state index contributed by atoms with van der Waals surface area (Å²) in [6.45, 7) is 1.59. The van der Waals surface area contributed by atoms with Crippen LogP contribution in [0.2, 0.25) is 0 Å². The number of ether oxygens (including phenoxy) is 1. The fourth-order valence-electron chi connectivity index (χ4n) is 1.15. The van der Waals surface area contributed by atoms with E-state index in [1.165, 1.54) is 7.05 Å². The highest BCUT2D eigenvalue weighted by molar-refractivity contribution is 5.95. The minimum absolute atomic E-state index is 0.0642. The maximum absolute atomic E-state index is 11.5. The van der Waals surface area contributed by atoms with E-state index in [0.29, 0.717) is 0 Å². The Morgan fingerprint density at radius 3 is 2.37 bits per heavy atom. The Balaban J connectivity index is 3.97. The van der Waals surface area contributed by atoms with Gasteiger partial charge in [0.2, 0.25) is 5.91 Å². The predicted octanol–water partition coefficient (Wildman–Crippen LogP) is -0.0276. The molecule has 0 atom stereocenters. The first-order valence-corrected chi connectivity index (χ1v) is 5.79. The van der Waals surface area contributed by atoms with Crippen LogP contribution in [0.15, 0.2) is 0 Å². The van der Waals surface area contributed by atoms with Crippen molar-refractivity contribution in [2.75, 3.05) is 20.2 Å². The molecule has 8 nitrogen and oxygen atoms in total. The van der Waals surface area contributed by atoms with Crippen molar-refractivity contribution < 1.29 is 29.0 Å². The molecule has 0 saturated heterocycles. The summed E-state index contributed by atoms with van der Waals surface area (Å²) < 4.78 is 4.65. The zero-order chi connectivity index (χ0) is 14.8. The average molecular weight is 274 g/mol. The van der Waals surface area contributed by atoms with E-state index in [4.69, 9.17) is 5.11 Å². The number of urea groups is 1. The van der Waals surface area contributed by atoms with E-state index in [-0.39, 0.29) is 32.4 Å². The number of likely N-dealkylation sites (N-methyl/N-ethyl adjacent to an activating group) is 1. The van der Waals surface area contributed by atoms with Crippen molar-refractivity contribution in [2.24, 2.45) is 0 Å². The number of carboxylic acids is 1. The van der Waals surface area contributed by atoms with E-state index in [0.717, 1.165) is 4.90 Å². The second kappa shape index (κ2) is 8.90. The molecule has 0 aromatic rings. The number of hydrogen-bond donors (Lipinski definition) is 2. The summed E-state index contributed by atoms with van der Waals surface area (Å²) in [4.78, 5) is 45.1. The highest BCUT2D eigenvalue weighted by Gasteiger charge is 2.15. The van der Waals surface area contributed by atoms with Gasteiger partial charge >= 0.3 is 18.0 Å². The molecule has 0 aliphatic heterocycles. The van der Waals surface area contributed by atoms with E-state index in [1.54, 1.807) is 6.92 Å². The second-order valence-electron chi connectivity index (χ2n) is 3.76. The standard InChI is InChI=1S/C11H18N2O6/c1-3-19-10(17)7-13(2)11(18)12-8(14)5-4-6-9(15)16/h3-7H2,1-2H3,(H,15,16)(H,12,14,18). The predicted molar refractivity (Wildman–Crippen MR) is 64.3 cm³/mol. The van der Waals surface area contributed by atoms with Crippen molar-refractivity contribution in [1.29, 1.82) is 0 Å². The third-order valence-electron chi connectivity index (χ3n) is 2.06. The van der Waals surface area contributed by atoms with Crippen LogP contribution in [-0.2, 0) is 19.1 Å². The number of amides is 3. The first-order chi connectivity index (χ1) is 8.86. The second-order valence-corrected chi connectivity index (χ2v) is 3.76. The summed E-state index contributed by atoms with van der Waals surface area (Å²) in [6.07, 6.45) is -0.0540. The molecular formula is C11H18N2O6. The van der Waals surface area contributed by atoms with Crippen molar-refractivity contribution in [3.63, 3.8) is 0 Å². The molecule has 0 aliphatic carbocycles. The summed E-state index contributed by atoms with van der Waals surface area (Å²) in [7, 11) is 1.34. The van der Waals surface area contributed by atoms with Crippen LogP contribution in [0.1, 0.15) is 26.2 Å². The molecule has 8 heteroatoms. The van der Waals surface area contributed by atoms with Gasteiger partial charge in [-0.3, -0.25) is 19.7 Å². The van der Waals surface area contributed by atoms with Crippen LogP contribution in [0.5, 0.6) is 0 Å². The molecule has 0 radical (unpaired) electrons. The number of aliphatic carboxylic acids is 1. The van der Waals surface area contributed by atoms with Gasteiger partial charge in [-0.15, -0.1) is 0 Å². The number of carbonyl (C=O) groups excluding carboxylic acids is 3. The number of carboxylic acid groups (broad SMARTS) is 1. The van der Waals surface area contributed by atoms with Gasteiger partial charge in [-0.1, -0.05) is 0 Å². The molecule has 2 N–H and O–H groups in total. The lowest BCUT2D eigenvalue weighted by molar-refractivity contribution is -0.143. The Morgan fingerprint density at radius 2 is 1.84 bits per heavy atom. The summed E-state index contributed by atoms with van der Waals surface area (Å²) in [5, 5.41) is 10.4. The fourth-order valence-corrected chi connectivity index (χ4v) is 1.15. The van der Waals surface area contributed by atoms with Crippen LogP contribution in [0, 0.1) is 0 Å². The lowest BCUT2D eigenvalue weighted by Crippen LogP contribution is -2.43. The Labute approximate surface area is 110 Å². The summed E-state index contributed by atoms with van der Waals surface area (Å²) in [6, 6.07) is -0.728. The Morgan fingerprint density at radius 1 is 1.21 bits per heavy atom. The summed E-state index contributed by atoms with van der Waals surface area (Å²) >= 11 is 0. The lowest BCUT2D eigenvalue weighted by atomic mass is 10.2. The van der Waals surface area contributed by atoms with E-state index < -0.39 is 23.9 Å². The molecule has 0 fully saturated rings. The zero-order valence-electron chi connectivity index (χ0n) is 11.0. The highest BCUT2D eigenvalue weighted by atomic mass is 16.5. The number of carbonyl (C=O) groups is 4. The van der Waals surface area contributed by atoms with E-state index >= 15 is 0 Å². The number of rotatable bonds is 7. The molecule has 0 aliphatic rings. The number of esters is 1. The monoisotopic (exact) mass is 274 g/mol. The smallest absolute Gasteiger partial charge is 0.325 e.